The molecule has 15 heteroatoms. The third-order valence-corrected chi connectivity index (χ3v) is 28.2. The monoisotopic (exact) mass is 1910 g/mol. The lowest BCUT2D eigenvalue weighted by Crippen LogP contribution is -2.41. The fourth-order valence-electron chi connectivity index (χ4n) is 20.5. The molecule has 0 saturated carbocycles. The number of aromatic nitrogens is 10. The zero-order valence-electron chi connectivity index (χ0n) is 82.3. The first kappa shape index (κ1) is 91.6. The van der Waals surface area contributed by atoms with E-state index in [1.54, 1.807) is 0 Å². The van der Waals surface area contributed by atoms with Gasteiger partial charge in [-0.25, -0.2) is 39.9 Å². The van der Waals surface area contributed by atoms with Crippen molar-refractivity contribution in [2.75, 3.05) is 0 Å². The molecule has 25 rings (SSSR count). The minimum Gasteiger partial charge on any atom is -0.399 e. The predicted octanol–water partition coefficient (Wildman–Crippen LogP) is 30.7. The standard InChI is InChI=1S/C62H41N5.C53H43BN2O2.C15H10ClN3.H3P.H2/c1-7-21-43(22-8-1)54-41-55(64-58(63-54)45-23-9-2-10-24-45)44-37-35-42(36-38-44)50-39-40-53-56(51-33-19-20-34-52(51)62(53,48-29-15-5-16-30-48)49-31-17-6-18-32-49)57(50)61-66-59(46-25-11-3-12-26-46)65-60(67-61)47-27-13-4-14-28-47;1-51(2)52(3,4)58-54(57-51)49-42(33-34-45-48(49)43-27-17-18-28-44(43)53(45,40-23-13-7-14-24-40)41-25-15-8-16-26-41)36-29-31-38(32-30-36)47-35-46(37-19-9-5-10-20-37)55-50(56-47)39-21-11-6-12-22-39;16-15-18-13(11-7-3-1-4-8-11)17-14(19-15)12-9-5-2-6-10-12;;/h1-41H;5-35H,1-4H3;1-10H;1H3;1H/i;;;;1+2T. The van der Waals surface area contributed by atoms with Gasteiger partial charge in [0.1, 0.15) is 0 Å². The van der Waals surface area contributed by atoms with Crippen molar-refractivity contribution in [1.29, 1.82) is 0 Å². The summed E-state index contributed by atoms with van der Waals surface area (Å²) in [5.41, 5.74) is 31.4. The van der Waals surface area contributed by atoms with Gasteiger partial charge in [-0.2, -0.15) is 19.9 Å². The highest BCUT2D eigenvalue weighted by molar-refractivity contribution is 6.92. The Morgan fingerprint density at radius 3 is 0.766 bits per heavy atom. The maximum absolute atomic E-state index is 7.00. The van der Waals surface area contributed by atoms with E-state index >= 15 is 0 Å². The summed E-state index contributed by atoms with van der Waals surface area (Å²) >= 11 is 5.99. The Morgan fingerprint density at radius 1 is 0.207 bits per heavy atom. The van der Waals surface area contributed by atoms with E-state index in [-0.39, 0.29) is 15.2 Å². The van der Waals surface area contributed by atoms with Gasteiger partial charge >= 0.3 is 7.12 Å². The lowest BCUT2D eigenvalue weighted by atomic mass is 9.65. The van der Waals surface area contributed by atoms with Crippen LogP contribution in [0.15, 0.2) is 497 Å². The largest absolute Gasteiger partial charge is 0.496 e. The van der Waals surface area contributed by atoms with Gasteiger partial charge in [0.15, 0.2) is 40.8 Å². The average Bonchev–Trinajstić information content (AvgIpc) is 1.53. The van der Waals surface area contributed by atoms with Crippen molar-refractivity contribution in [3.05, 3.63) is 547 Å². The molecule has 0 N–H and O–H groups in total. The summed E-state index contributed by atoms with van der Waals surface area (Å²) in [6.45, 7) is 8.52. The average molecular weight is 1910 g/mol. The van der Waals surface area contributed by atoms with E-state index in [2.05, 4.69) is 370 Å². The second-order valence-corrected chi connectivity index (χ2v) is 37.4. The highest BCUT2D eigenvalue weighted by atomic mass is 35.5. The predicted molar refractivity (Wildman–Crippen MR) is 596 cm³/mol. The molecule has 0 bridgehead atoms. The van der Waals surface area contributed by atoms with Gasteiger partial charge in [0, 0.05) is 64.2 Å². The van der Waals surface area contributed by atoms with Crippen LogP contribution in [0.3, 0.4) is 0 Å². The Labute approximate surface area is 856 Å². The number of halogens is 1. The normalized spacial score (nSPS) is 13.4. The Morgan fingerprint density at radius 2 is 0.441 bits per heavy atom. The van der Waals surface area contributed by atoms with Gasteiger partial charge in [-0.15, -0.1) is 0 Å². The Kier molecular flexibility index (Phi) is 25.3. The third kappa shape index (κ3) is 17.7. The lowest BCUT2D eigenvalue weighted by Gasteiger charge is -2.34. The summed E-state index contributed by atoms with van der Waals surface area (Å²) in [6.07, 6.45) is 0. The van der Waals surface area contributed by atoms with Crippen LogP contribution >= 0.6 is 21.5 Å². The molecule has 696 valence electrons. The first-order valence-electron chi connectivity index (χ1n) is 49.5. The molecule has 3 aliphatic rings. The van der Waals surface area contributed by atoms with Gasteiger partial charge in [-0.1, -0.05) is 485 Å². The first-order chi connectivity index (χ1) is 71.8. The molecule has 0 radical (unpaired) electrons. The van der Waals surface area contributed by atoms with E-state index in [4.69, 9.17) is 58.8 Å². The molecule has 5 heterocycles. The lowest BCUT2D eigenvalue weighted by molar-refractivity contribution is 0.00578. The maximum Gasteiger partial charge on any atom is 0.496 e. The molecule has 4 aromatic heterocycles. The van der Waals surface area contributed by atoms with E-state index in [0.29, 0.717) is 40.8 Å². The van der Waals surface area contributed by atoms with Crippen LogP contribution in [0.1, 0.15) is 75.2 Å². The van der Waals surface area contributed by atoms with Crippen LogP contribution in [0.5, 0.6) is 0 Å². The van der Waals surface area contributed by atoms with E-state index < -0.39 is 29.2 Å². The van der Waals surface area contributed by atoms with Crippen molar-refractivity contribution in [1.82, 2.24) is 49.8 Å². The number of hydrogen-bond donors (Lipinski definition) is 0. The van der Waals surface area contributed by atoms with Gasteiger partial charge in [-0.05, 0) is 146 Å². The zero-order chi connectivity index (χ0) is 99.1. The number of fused-ring (bicyclic) bond motifs is 6. The number of nitrogens with zero attached hydrogens (tertiary/aromatic N) is 10. The second kappa shape index (κ2) is 40.1. The Bertz CT molecular complexity index is 8090. The SMILES string of the molecule is CC1(C)OB(c2c(-c3ccc(-c4cc(-c5ccccc5)nc(-c5ccccc5)n4)cc3)ccc3c2-c2ccccc2C3(c2ccccc2)c2ccccc2)OC1(C)C.Clc1nc(-c2ccccc2)nc(-c2ccccc2)n1.P.[3H][3H].c1ccc(-c2cc(-c3ccc(-c4ccc5c(c4-c4nc(-c6ccccc6)nc(-c6ccccc6)n4)-c4ccccc4C5(c4ccccc4)c4ccccc4)cc3)nc(-c3ccccc3)n2)cc1. The Balaban J connectivity index is 0.000000144. The summed E-state index contributed by atoms with van der Waals surface area (Å²) in [5, 5.41) is 0.202. The van der Waals surface area contributed by atoms with E-state index in [0.717, 1.165) is 123 Å². The van der Waals surface area contributed by atoms with Crippen molar-refractivity contribution in [3.8, 4) is 169 Å². The molecule has 12 nitrogen and oxygen atoms in total. The van der Waals surface area contributed by atoms with E-state index in [1.807, 2.05) is 170 Å². The van der Waals surface area contributed by atoms with Crippen LogP contribution in [-0.4, -0.2) is 68.2 Å². The van der Waals surface area contributed by atoms with Gasteiger partial charge in [0.05, 0.1) is 44.8 Å². The van der Waals surface area contributed by atoms with Crippen molar-refractivity contribution >= 4 is 34.1 Å². The number of benzene rings is 18. The van der Waals surface area contributed by atoms with Crippen LogP contribution < -0.4 is 5.46 Å². The van der Waals surface area contributed by atoms with E-state index in [1.165, 1.54) is 55.6 Å². The first-order valence-corrected chi connectivity index (χ1v) is 48.9. The van der Waals surface area contributed by atoms with Crippen LogP contribution in [-0.2, 0) is 20.1 Å². The van der Waals surface area contributed by atoms with Crippen LogP contribution in [0.25, 0.3) is 169 Å². The maximum atomic E-state index is 7.00. The topological polar surface area (TPSA) is 147 Å². The van der Waals surface area contributed by atoms with Crippen LogP contribution in [0.2, 0.25) is 5.28 Å². The zero-order valence-corrected chi connectivity index (χ0v) is 82.5. The highest BCUT2D eigenvalue weighted by Gasteiger charge is 2.56. The third-order valence-electron chi connectivity index (χ3n) is 28.0. The quantitative estimate of drug-likeness (QED) is 0.0595. The minimum absolute atomic E-state index is 0. The van der Waals surface area contributed by atoms with Gasteiger partial charge < -0.3 is 9.31 Å². The summed E-state index contributed by atoms with van der Waals surface area (Å²) in [6, 6.07) is 173. The molecule has 0 spiro atoms. The van der Waals surface area contributed by atoms with Crippen LogP contribution in [0, 0.1) is 0 Å². The molecular weight excluding hydrogens is 1810 g/mol. The summed E-state index contributed by atoms with van der Waals surface area (Å²) in [7, 11) is -0.603. The fraction of sp³-hybridized carbons (Fsp3) is 0.0615. The van der Waals surface area contributed by atoms with Gasteiger partial charge in [-0.3, -0.25) is 0 Å². The molecule has 1 saturated heterocycles. The number of rotatable bonds is 18. The molecule has 145 heavy (non-hydrogen) atoms. The van der Waals surface area contributed by atoms with Crippen LogP contribution in [0.4, 0.5) is 0 Å². The van der Waals surface area contributed by atoms with Gasteiger partial charge in [0.2, 0.25) is 5.28 Å². The molecule has 2 aliphatic carbocycles. The highest BCUT2D eigenvalue weighted by Crippen LogP contribution is 2.61. The van der Waals surface area contributed by atoms with Crippen molar-refractivity contribution in [2.24, 2.45) is 0 Å². The number of hydrogen-bond acceptors (Lipinski definition) is 12. The second-order valence-electron chi connectivity index (χ2n) is 37.1. The summed E-state index contributed by atoms with van der Waals surface area (Å²) < 4.78 is 24.0. The van der Waals surface area contributed by atoms with Crippen molar-refractivity contribution < 1.29 is 12.3 Å². The molecule has 22 aromatic rings. The molecule has 1 unspecified atom stereocenters. The molecule has 1 atom stereocenters. The minimum atomic E-state index is -0.622. The van der Waals surface area contributed by atoms with Crippen molar-refractivity contribution in [2.45, 2.75) is 49.7 Å². The summed E-state index contributed by atoms with van der Waals surface area (Å²) in [4.78, 5) is 49.1. The van der Waals surface area contributed by atoms with E-state index in [9.17, 15) is 0 Å². The smallest absolute Gasteiger partial charge is 0.399 e. The molecule has 1 aliphatic heterocycles. The molecular formula is C130H99BClN10O2P. The molecule has 0 amide bonds. The molecule has 1 fully saturated rings. The van der Waals surface area contributed by atoms with Crippen molar-refractivity contribution in [3.63, 3.8) is 0 Å². The van der Waals surface area contributed by atoms with Gasteiger partial charge in [0.25, 0.3) is 0 Å². The summed E-state index contributed by atoms with van der Waals surface area (Å²) in [5.74, 6) is 4.37. The molecule has 18 aromatic carbocycles. The fourth-order valence-corrected chi connectivity index (χ4v) is 20.7. The Hall–Kier alpha value is -17.2.